The van der Waals surface area contributed by atoms with Crippen LogP contribution in [0.3, 0.4) is 0 Å². The van der Waals surface area contributed by atoms with Crippen LogP contribution in [0.4, 0.5) is 0 Å². The standard InChI is InChI=1S/C13H24O4/c1-7-9(14)13(5,6)10(15)8-11(16)17-12(2,3)4/h10,15H,7-8H2,1-6H3. The highest BCUT2D eigenvalue weighted by molar-refractivity contribution is 5.85. The number of carbonyl (C=O) groups excluding carboxylic acids is 2. The monoisotopic (exact) mass is 244 g/mol. The summed E-state index contributed by atoms with van der Waals surface area (Å²) in [7, 11) is 0. The van der Waals surface area contributed by atoms with E-state index in [2.05, 4.69) is 0 Å². The third-order valence-electron chi connectivity index (χ3n) is 2.65. The Balaban J connectivity index is 4.49. The van der Waals surface area contributed by atoms with Crippen molar-refractivity contribution in [3.05, 3.63) is 0 Å². The average Bonchev–Trinajstić information content (AvgIpc) is 2.12. The van der Waals surface area contributed by atoms with Crippen LogP contribution in [0.2, 0.25) is 0 Å². The van der Waals surface area contributed by atoms with Gasteiger partial charge in [-0.05, 0) is 20.8 Å². The smallest absolute Gasteiger partial charge is 0.308 e. The molecule has 17 heavy (non-hydrogen) atoms. The highest BCUT2D eigenvalue weighted by atomic mass is 16.6. The van der Waals surface area contributed by atoms with Crippen molar-refractivity contribution in [1.82, 2.24) is 0 Å². The highest BCUT2D eigenvalue weighted by Gasteiger charge is 2.36. The molecule has 0 rings (SSSR count). The zero-order valence-corrected chi connectivity index (χ0v) is 11.7. The van der Waals surface area contributed by atoms with Gasteiger partial charge in [0.1, 0.15) is 11.4 Å². The number of aliphatic hydroxyl groups excluding tert-OH is 1. The Bertz CT molecular complexity index is 286. The molecule has 0 aromatic heterocycles. The topological polar surface area (TPSA) is 63.6 Å². The van der Waals surface area contributed by atoms with Crippen LogP contribution in [0.5, 0.6) is 0 Å². The number of aliphatic hydroxyl groups is 1. The Morgan fingerprint density at radius 2 is 1.65 bits per heavy atom. The number of carbonyl (C=O) groups is 2. The normalized spacial score (nSPS) is 14.3. The van der Waals surface area contributed by atoms with Crippen molar-refractivity contribution in [3.63, 3.8) is 0 Å². The molecule has 1 atom stereocenters. The zero-order chi connectivity index (χ0) is 13.9. The van der Waals surface area contributed by atoms with Gasteiger partial charge in [-0.1, -0.05) is 20.8 Å². The lowest BCUT2D eigenvalue weighted by Gasteiger charge is -2.29. The van der Waals surface area contributed by atoms with Gasteiger partial charge in [-0.25, -0.2) is 0 Å². The van der Waals surface area contributed by atoms with Gasteiger partial charge in [0.05, 0.1) is 12.5 Å². The second-order valence-electron chi connectivity index (χ2n) is 5.80. The lowest BCUT2D eigenvalue weighted by Crippen LogP contribution is -2.39. The van der Waals surface area contributed by atoms with E-state index in [0.717, 1.165) is 0 Å². The Labute approximate surface area is 103 Å². The second-order valence-corrected chi connectivity index (χ2v) is 5.80. The van der Waals surface area contributed by atoms with Crippen LogP contribution < -0.4 is 0 Å². The molecule has 0 bridgehead atoms. The van der Waals surface area contributed by atoms with Crippen LogP contribution >= 0.6 is 0 Å². The predicted molar refractivity (Wildman–Crippen MR) is 65.5 cm³/mol. The van der Waals surface area contributed by atoms with E-state index in [9.17, 15) is 14.7 Å². The first-order valence-corrected chi connectivity index (χ1v) is 5.94. The Morgan fingerprint density at radius 1 is 1.18 bits per heavy atom. The first-order chi connectivity index (χ1) is 7.50. The van der Waals surface area contributed by atoms with Crippen LogP contribution in [0.1, 0.15) is 54.4 Å². The second kappa shape index (κ2) is 5.63. The molecule has 0 heterocycles. The highest BCUT2D eigenvalue weighted by Crippen LogP contribution is 2.26. The van der Waals surface area contributed by atoms with Gasteiger partial charge in [0, 0.05) is 11.8 Å². The van der Waals surface area contributed by atoms with Crippen LogP contribution in [-0.2, 0) is 14.3 Å². The fraction of sp³-hybridized carbons (Fsp3) is 0.846. The van der Waals surface area contributed by atoms with Crippen molar-refractivity contribution in [2.75, 3.05) is 0 Å². The molecule has 0 amide bonds. The summed E-state index contributed by atoms with van der Waals surface area (Å²) in [5.74, 6) is -0.546. The summed E-state index contributed by atoms with van der Waals surface area (Å²) in [5, 5.41) is 9.92. The van der Waals surface area contributed by atoms with Gasteiger partial charge in [-0.2, -0.15) is 0 Å². The predicted octanol–water partition coefficient (Wildman–Crippen LogP) is 2.08. The van der Waals surface area contributed by atoms with E-state index in [1.165, 1.54) is 0 Å². The maximum atomic E-state index is 11.6. The number of esters is 1. The number of ketones is 1. The van der Waals surface area contributed by atoms with E-state index in [1.807, 2.05) is 0 Å². The first kappa shape index (κ1) is 16.1. The maximum absolute atomic E-state index is 11.6. The molecule has 0 saturated carbocycles. The van der Waals surface area contributed by atoms with E-state index < -0.39 is 23.1 Å². The minimum Gasteiger partial charge on any atom is -0.460 e. The number of ether oxygens (including phenoxy) is 1. The lowest BCUT2D eigenvalue weighted by molar-refractivity contribution is -0.159. The van der Waals surface area contributed by atoms with Crippen molar-refractivity contribution >= 4 is 11.8 Å². The van der Waals surface area contributed by atoms with Gasteiger partial charge < -0.3 is 9.84 Å². The maximum Gasteiger partial charge on any atom is 0.308 e. The number of rotatable bonds is 5. The molecule has 0 aliphatic carbocycles. The molecule has 0 radical (unpaired) electrons. The number of Topliss-reactive ketones (excluding diaryl/α,β-unsaturated/α-hetero) is 1. The van der Waals surface area contributed by atoms with Crippen LogP contribution in [0, 0.1) is 5.41 Å². The molecule has 0 aliphatic heterocycles. The molecule has 0 aromatic rings. The Kier molecular flexibility index (Phi) is 5.33. The third kappa shape index (κ3) is 5.31. The minimum atomic E-state index is -1.01. The Morgan fingerprint density at radius 3 is 2.00 bits per heavy atom. The largest absolute Gasteiger partial charge is 0.460 e. The lowest BCUT2D eigenvalue weighted by atomic mass is 9.79. The SMILES string of the molecule is CCC(=O)C(C)(C)C(O)CC(=O)OC(C)(C)C. The summed E-state index contributed by atoms with van der Waals surface area (Å²) in [6.07, 6.45) is -0.821. The molecule has 0 aliphatic rings. The third-order valence-corrected chi connectivity index (χ3v) is 2.65. The molecule has 0 aromatic carbocycles. The summed E-state index contributed by atoms with van der Waals surface area (Å²) < 4.78 is 5.11. The van der Waals surface area contributed by atoms with Crippen molar-refractivity contribution in [2.45, 2.75) is 66.1 Å². The van der Waals surface area contributed by atoms with E-state index in [0.29, 0.717) is 6.42 Å². The molecule has 1 N–H and O–H groups in total. The first-order valence-electron chi connectivity index (χ1n) is 5.94. The van der Waals surface area contributed by atoms with E-state index >= 15 is 0 Å². The fourth-order valence-electron chi connectivity index (χ4n) is 1.44. The van der Waals surface area contributed by atoms with Crippen LogP contribution in [0.15, 0.2) is 0 Å². The average molecular weight is 244 g/mol. The van der Waals surface area contributed by atoms with Crippen molar-refractivity contribution in [3.8, 4) is 0 Å². The fourth-order valence-corrected chi connectivity index (χ4v) is 1.44. The molecule has 0 spiro atoms. The zero-order valence-electron chi connectivity index (χ0n) is 11.7. The molecule has 1 unspecified atom stereocenters. The number of hydrogen-bond acceptors (Lipinski definition) is 4. The van der Waals surface area contributed by atoms with Gasteiger partial charge in [0.25, 0.3) is 0 Å². The molecule has 100 valence electrons. The van der Waals surface area contributed by atoms with Gasteiger partial charge >= 0.3 is 5.97 Å². The quantitative estimate of drug-likeness (QED) is 0.752. The minimum absolute atomic E-state index is 0.0615. The molecule has 4 heteroatoms. The summed E-state index contributed by atoms with van der Waals surface area (Å²) >= 11 is 0. The van der Waals surface area contributed by atoms with Crippen LogP contribution in [0.25, 0.3) is 0 Å². The molecule has 4 nitrogen and oxygen atoms in total. The molecular formula is C13H24O4. The van der Waals surface area contributed by atoms with E-state index in [-0.39, 0.29) is 12.2 Å². The van der Waals surface area contributed by atoms with Gasteiger partial charge in [0.15, 0.2) is 0 Å². The van der Waals surface area contributed by atoms with Crippen molar-refractivity contribution in [2.24, 2.45) is 5.41 Å². The van der Waals surface area contributed by atoms with E-state index in [4.69, 9.17) is 4.74 Å². The Hall–Kier alpha value is -0.900. The summed E-state index contributed by atoms with van der Waals surface area (Å²) in [6.45, 7) is 10.3. The summed E-state index contributed by atoms with van der Waals surface area (Å²) in [4.78, 5) is 23.2. The van der Waals surface area contributed by atoms with Crippen molar-refractivity contribution in [1.29, 1.82) is 0 Å². The van der Waals surface area contributed by atoms with Gasteiger partial charge in [0.2, 0.25) is 0 Å². The van der Waals surface area contributed by atoms with E-state index in [1.54, 1.807) is 41.5 Å². The van der Waals surface area contributed by atoms with Gasteiger partial charge in [-0.15, -0.1) is 0 Å². The summed E-state index contributed by atoms with van der Waals surface area (Å²) in [6, 6.07) is 0. The number of hydrogen-bond donors (Lipinski definition) is 1. The summed E-state index contributed by atoms with van der Waals surface area (Å²) in [5.41, 5.74) is -1.48. The van der Waals surface area contributed by atoms with Gasteiger partial charge in [-0.3, -0.25) is 9.59 Å². The van der Waals surface area contributed by atoms with Crippen LogP contribution in [-0.4, -0.2) is 28.6 Å². The van der Waals surface area contributed by atoms with Crippen molar-refractivity contribution < 1.29 is 19.4 Å². The molecule has 0 saturated heterocycles. The molecular weight excluding hydrogens is 220 g/mol. The molecule has 0 fully saturated rings.